The van der Waals surface area contributed by atoms with Gasteiger partial charge in [-0.3, -0.25) is 9.59 Å². The van der Waals surface area contributed by atoms with Gasteiger partial charge in [-0.2, -0.15) is 0 Å². The summed E-state index contributed by atoms with van der Waals surface area (Å²) in [7, 11) is 0. The number of amides is 1. The minimum absolute atomic E-state index is 0.0930. The highest BCUT2D eigenvalue weighted by atomic mass is 16.2. The molecular formula is C20H31NO2. The van der Waals surface area contributed by atoms with Crippen molar-refractivity contribution in [3.8, 4) is 0 Å². The minimum atomic E-state index is 0.0930. The van der Waals surface area contributed by atoms with Gasteiger partial charge < -0.3 is 4.90 Å². The van der Waals surface area contributed by atoms with Crippen LogP contribution in [0.5, 0.6) is 0 Å². The lowest BCUT2D eigenvalue weighted by atomic mass is 10.1. The molecule has 0 aliphatic heterocycles. The summed E-state index contributed by atoms with van der Waals surface area (Å²) in [6, 6.07) is 6.95. The molecule has 1 aromatic carbocycles. The Hall–Kier alpha value is -1.64. The lowest BCUT2D eigenvalue weighted by Crippen LogP contribution is -2.33. The van der Waals surface area contributed by atoms with Gasteiger partial charge in [-0.15, -0.1) is 0 Å². The van der Waals surface area contributed by atoms with E-state index in [1.165, 1.54) is 38.5 Å². The number of hydrogen-bond donors (Lipinski definition) is 0. The van der Waals surface area contributed by atoms with Gasteiger partial charge in [0.25, 0.3) is 5.91 Å². The lowest BCUT2D eigenvalue weighted by Gasteiger charge is -2.23. The lowest BCUT2D eigenvalue weighted by molar-refractivity contribution is 0.0749. The monoisotopic (exact) mass is 317 g/mol. The smallest absolute Gasteiger partial charge is 0.253 e. The van der Waals surface area contributed by atoms with Crippen LogP contribution in [-0.2, 0) is 0 Å². The number of aldehydes is 1. The zero-order valence-electron chi connectivity index (χ0n) is 14.7. The van der Waals surface area contributed by atoms with Crippen molar-refractivity contribution in [3.63, 3.8) is 0 Å². The Morgan fingerprint density at radius 3 is 1.83 bits per heavy atom. The quantitative estimate of drug-likeness (QED) is 0.397. The Morgan fingerprint density at radius 2 is 1.39 bits per heavy atom. The summed E-state index contributed by atoms with van der Waals surface area (Å²) in [6.07, 6.45) is 10.2. The van der Waals surface area contributed by atoms with Crippen molar-refractivity contribution in [1.82, 2.24) is 4.90 Å². The van der Waals surface area contributed by atoms with Crippen LogP contribution in [0.25, 0.3) is 0 Å². The van der Waals surface area contributed by atoms with E-state index in [1.807, 2.05) is 4.90 Å². The SMILES string of the molecule is CCCCCCN(CCCCCC)C(=O)c1ccc(C=O)cc1. The third-order valence-corrected chi connectivity index (χ3v) is 4.14. The van der Waals surface area contributed by atoms with Crippen molar-refractivity contribution in [2.75, 3.05) is 13.1 Å². The standard InChI is InChI=1S/C20H31NO2/c1-3-5-7-9-15-21(16-10-8-6-4-2)20(23)19-13-11-18(17-22)12-14-19/h11-14,17H,3-10,15-16H2,1-2H3. The third kappa shape index (κ3) is 7.45. The van der Waals surface area contributed by atoms with Crippen LogP contribution in [0.3, 0.4) is 0 Å². The van der Waals surface area contributed by atoms with Crippen molar-refractivity contribution < 1.29 is 9.59 Å². The second-order valence-electron chi connectivity index (χ2n) is 6.15. The zero-order valence-corrected chi connectivity index (χ0v) is 14.7. The molecule has 0 N–H and O–H groups in total. The van der Waals surface area contributed by atoms with Gasteiger partial charge in [0.1, 0.15) is 6.29 Å². The Bertz CT molecular complexity index is 441. The molecule has 0 radical (unpaired) electrons. The first kappa shape index (κ1) is 19.4. The molecule has 0 aliphatic carbocycles. The molecule has 0 unspecified atom stereocenters. The van der Waals surface area contributed by atoms with E-state index >= 15 is 0 Å². The summed E-state index contributed by atoms with van der Waals surface area (Å²) in [5.41, 5.74) is 1.29. The van der Waals surface area contributed by atoms with E-state index in [0.717, 1.165) is 32.2 Å². The largest absolute Gasteiger partial charge is 0.339 e. The van der Waals surface area contributed by atoms with E-state index in [-0.39, 0.29) is 5.91 Å². The first-order valence-electron chi connectivity index (χ1n) is 9.07. The average molecular weight is 317 g/mol. The van der Waals surface area contributed by atoms with Crippen molar-refractivity contribution in [2.45, 2.75) is 65.2 Å². The Morgan fingerprint density at radius 1 is 0.870 bits per heavy atom. The van der Waals surface area contributed by atoms with Crippen molar-refractivity contribution in [1.29, 1.82) is 0 Å². The third-order valence-electron chi connectivity index (χ3n) is 4.14. The topological polar surface area (TPSA) is 37.4 Å². The van der Waals surface area contributed by atoms with E-state index < -0.39 is 0 Å². The van der Waals surface area contributed by atoms with Gasteiger partial charge >= 0.3 is 0 Å². The summed E-state index contributed by atoms with van der Waals surface area (Å²) >= 11 is 0. The zero-order chi connectivity index (χ0) is 16.9. The first-order chi connectivity index (χ1) is 11.2. The predicted octanol–water partition coefficient (Wildman–Crippen LogP) is 5.10. The van der Waals surface area contributed by atoms with Crippen molar-refractivity contribution in [3.05, 3.63) is 35.4 Å². The van der Waals surface area contributed by atoms with Gasteiger partial charge in [-0.1, -0.05) is 64.5 Å². The Balaban J connectivity index is 2.62. The summed E-state index contributed by atoms with van der Waals surface area (Å²) in [5.74, 6) is 0.0930. The number of carbonyl (C=O) groups is 2. The van der Waals surface area contributed by atoms with E-state index in [0.29, 0.717) is 11.1 Å². The highest BCUT2D eigenvalue weighted by Crippen LogP contribution is 2.11. The van der Waals surface area contributed by atoms with Gasteiger partial charge in [-0.05, 0) is 25.0 Å². The molecule has 0 saturated heterocycles. The maximum Gasteiger partial charge on any atom is 0.253 e. The molecule has 1 amide bonds. The van der Waals surface area contributed by atoms with E-state index in [2.05, 4.69) is 13.8 Å². The summed E-state index contributed by atoms with van der Waals surface area (Å²) in [6.45, 7) is 6.06. The van der Waals surface area contributed by atoms with Crippen LogP contribution in [0.1, 0.15) is 85.9 Å². The molecule has 23 heavy (non-hydrogen) atoms. The molecule has 0 spiro atoms. The number of benzene rings is 1. The molecular weight excluding hydrogens is 286 g/mol. The number of nitrogens with zero attached hydrogens (tertiary/aromatic N) is 1. The molecule has 0 aromatic heterocycles. The van der Waals surface area contributed by atoms with Gasteiger partial charge in [0.2, 0.25) is 0 Å². The number of unbranched alkanes of at least 4 members (excludes halogenated alkanes) is 6. The molecule has 128 valence electrons. The van der Waals surface area contributed by atoms with Gasteiger partial charge in [-0.25, -0.2) is 0 Å². The second kappa shape index (κ2) is 11.9. The second-order valence-corrected chi connectivity index (χ2v) is 6.15. The summed E-state index contributed by atoms with van der Waals surface area (Å²) in [4.78, 5) is 25.4. The fourth-order valence-corrected chi connectivity index (χ4v) is 2.66. The van der Waals surface area contributed by atoms with E-state index in [4.69, 9.17) is 0 Å². The number of carbonyl (C=O) groups excluding carboxylic acids is 2. The van der Waals surface area contributed by atoms with Crippen LogP contribution in [0, 0.1) is 0 Å². The molecule has 0 fully saturated rings. The fourth-order valence-electron chi connectivity index (χ4n) is 2.66. The molecule has 0 aliphatic rings. The number of rotatable bonds is 12. The van der Waals surface area contributed by atoms with Crippen LogP contribution in [0.15, 0.2) is 24.3 Å². The predicted molar refractivity (Wildman–Crippen MR) is 96.0 cm³/mol. The van der Waals surface area contributed by atoms with Crippen molar-refractivity contribution >= 4 is 12.2 Å². The highest BCUT2D eigenvalue weighted by Gasteiger charge is 2.15. The molecule has 1 rings (SSSR count). The molecule has 0 bridgehead atoms. The normalized spacial score (nSPS) is 10.5. The molecule has 0 atom stereocenters. The highest BCUT2D eigenvalue weighted by molar-refractivity contribution is 5.94. The first-order valence-corrected chi connectivity index (χ1v) is 9.07. The summed E-state index contributed by atoms with van der Waals surface area (Å²) in [5, 5.41) is 0. The summed E-state index contributed by atoms with van der Waals surface area (Å²) < 4.78 is 0. The van der Waals surface area contributed by atoms with Gasteiger partial charge in [0.15, 0.2) is 0 Å². The van der Waals surface area contributed by atoms with Gasteiger partial charge in [0.05, 0.1) is 0 Å². The van der Waals surface area contributed by atoms with Crippen LogP contribution in [-0.4, -0.2) is 30.2 Å². The molecule has 3 heteroatoms. The Kier molecular flexibility index (Phi) is 10.0. The Labute approximate surface area is 141 Å². The van der Waals surface area contributed by atoms with Crippen LogP contribution in [0.2, 0.25) is 0 Å². The van der Waals surface area contributed by atoms with Crippen LogP contribution < -0.4 is 0 Å². The number of hydrogen-bond acceptors (Lipinski definition) is 2. The van der Waals surface area contributed by atoms with Crippen LogP contribution in [0.4, 0.5) is 0 Å². The molecule has 1 aromatic rings. The average Bonchev–Trinajstić information content (AvgIpc) is 2.60. The minimum Gasteiger partial charge on any atom is -0.339 e. The van der Waals surface area contributed by atoms with E-state index in [1.54, 1.807) is 24.3 Å². The van der Waals surface area contributed by atoms with Gasteiger partial charge in [0, 0.05) is 24.2 Å². The van der Waals surface area contributed by atoms with E-state index in [9.17, 15) is 9.59 Å². The molecule has 0 saturated carbocycles. The molecule has 3 nitrogen and oxygen atoms in total. The fraction of sp³-hybridized carbons (Fsp3) is 0.600. The molecule has 0 heterocycles. The maximum atomic E-state index is 12.7. The maximum absolute atomic E-state index is 12.7. The van der Waals surface area contributed by atoms with Crippen LogP contribution >= 0.6 is 0 Å². The van der Waals surface area contributed by atoms with Crippen molar-refractivity contribution in [2.24, 2.45) is 0 Å².